The summed E-state index contributed by atoms with van der Waals surface area (Å²) >= 11 is 0. The van der Waals surface area contributed by atoms with Crippen LogP contribution in [-0.2, 0) is 9.47 Å². The lowest BCUT2D eigenvalue weighted by Gasteiger charge is -2.09. The van der Waals surface area contributed by atoms with E-state index in [2.05, 4.69) is 0 Å². The summed E-state index contributed by atoms with van der Waals surface area (Å²) in [7, 11) is 1.60. The lowest BCUT2D eigenvalue weighted by molar-refractivity contribution is -0.384. The van der Waals surface area contributed by atoms with E-state index in [0.29, 0.717) is 19.8 Å². The first kappa shape index (κ1) is 16.9. The number of carbonyl (C=O) groups is 1. The van der Waals surface area contributed by atoms with Crippen LogP contribution in [0.25, 0.3) is 0 Å². The standard InChI is InChI=1S/C13H17NO7/c1-19-5-2-6-20-7-8-21-12-4-3-10(14(17)18)9-11(12)13(15)16/h3-4,9H,2,5-8H2,1H3,(H,15,16). The molecule has 1 rings (SSSR count). The molecule has 8 nitrogen and oxygen atoms in total. The number of methoxy groups -OCH3 is 1. The Balaban J connectivity index is 2.51. The Hall–Kier alpha value is -2.19. The number of nitro groups is 1. The zero-order valence-electron chi connectivity index (χ0n) is 11.6. The molecule has 0 aliphatic heterocycles. The van der Waals surface area contributed by atoms with Crippen LogP contribution >= 0.6 is 0 Å². The van der Waals surface area contributed by atoms with Gasteiger partial charge in [0.05, 0.1) is 11.5 Å². The van der Waals surface area contributed by atoms with Gasteiger partial charge in [-0.05, 0) is 12.5 Å². The first-order valence-corrected chi connectivity index (χ1v) is 6.27. The molecule has 1 aromatic carbocycles. The molecular weight excluding hydrogens is 282 g/mol. The summed E-state index contributed by atoms with van der Waals surface area (Å²) in [6.07, 6.45) is 0.758. The minimum atomic E-state index is -1.28. The molecule has 0 atom stereocenters. The van der Waals surface area contributed by atoms with Crippen molar-refractivity contribution < 1.29 is 29.0 Å². The second-order valence-electron chi connectivity index (χ2n) is 4.05. The fraction of sp³-hybridized carbons (Fsp3) is 0.462. The number of aromatic carboxylic acids is 1. The molecule has 0 heterocycles. The smallest absolute Gasteiger partial charge is 0.339 e. The fourth-order valence-electron chi connectivity index (χ4n) is 1.54. The van der Waals surface area contributed by atoms with Crippen molar-refractivity contribution in [2.45, 2.75) is 6.42 Å². The maximum absolute atomic E-state index is 11.1. The van der Waals surface area contributed by atoms with Crippen molar-refractivity contribution in [3.05, 3.63) is 33.9 Å². The lowest BCUT2D eigenvalue weighted by atomic mass is 10.2. The predicted octanol–water partition coefficient (Wildman–Crippen LogP) is 1.72. The van der Waals surface area contributed by atoms with Crippen LogP contribution in [0.4, 0.5) is 5.69 Å². The highest BCUT2D eigenvalue weighted by molar-refractivity contribution is 5.91. The zero-order chi connectivity index (χ0) is 15.7. The van der Waals surface area contributed by atoms with Crippen molar-refractivity contribution in [2.24, 2.45) is 0 Å². The summed E-state index contributed by atoms with van der Waals surface area (Å²) in [5.74, 6) is -1.21. The molecule has 0 radical (unpaired) electrons. The monoisotopic (exact) mass is 299 g/mol. The van der Waals surface area contributed by atoms with Gasteiger partial charge in [-0.25, -0.2) is 4.79 Å². The van der Waals surface area contributed by atoms with Crippen molar-refractivity contribution in [1.29, 1.82) is 0 Å². The van der Waals surface area contributed by atoms with Crippen LogP contribution in [0.2, 0.25) is 0 Å². The van der Waals surface area contributed by atoms with Crippen LogP contribution in [0.15, 0.2) is 18.2 Å². The van der Waals surface area contributed by atoms with E-state index in [0.717, 1.165) is 12.5 Å². The molecule has 0 fully saturated rings. The van der Waals surface area contributed by atoms with Crippen molar-refractivity contribution in [3.63, 3.8) is 0 Å². The summed E-state index contributed by atoms with van der Waals surface area (Å²) < 4.78 is 15.4. The van der Waals surface area contributed by atoms with E-state index < -0.39 is 10.9 Å². The number of nitro benzene ring substituents is 1. The maximum Gasteiger partial charge on any atom is 0.339 e. The number of rotatable bonds is 10. The molecule has 116 valence electrons. The van der Waals surface area contributed by atoms with Crippen molar-refractivity contribution >= 4 is 11.7 Å². The number of ether oxygens (including phenoxy) is 3. The molecule has 0 bridgehead atoms. The van der Waals surface area contributed by atoms with Crippen LogP contribution in [-0.4, -0.2) is 49.5 Å². The molecule has 0 amide bonds. The Morgan fingerprint density at radius 2 is 2.05 bits per heavy atom. The average molecular weight is 299 g/mol. The van der Waals surface area contributed by atoms with E-state index in [-0.39, 0.29) is 23.6 Å². The second kappa shape index (κ2) is 8.88. The summed E-state index contributed by atoms with van der Waals surface area (Å²) in [6, 6.07) is 3.44. The summed E-state index contributed by atoms with van der Waals surface area (Å²) in [4.78, 5) is 21.0. The molecule has 8 heteroatoms. The Kier molecular flexibility index (Phi) is 7.13. The van der Waals surface area contributed by atoms with Gasteiger partial charge in [0, 0.05) is 32.5 Å². The van der Waals surface area contributed by atoms with Crippen molar-refractivity contribution in [2.75, 3.05) is 33.5 Å². The second-order valence-corrected chi connectivity index (χ2v) is 4.05. The highest BCUT2D eigenvalue weighted by Gasteiger charge is 2.16. The number of non-ortho nitro benzene ring substituents is 1. The number of carboxylic acids is 1. The number of carboxylic acid groups (broad SMARTS) is 1. The van der Waals surface area contributed by atoms with Crippen LogP contribution in [0.1, 0.15) is 16.8 Å². The fourth-order valence-corrected chi connectivity index (χ4v) is 1.54. The first-order chi connectivity index (χ1) is 10.1. The first-order valence-electron chi connectivity index (χ1n) is 6.27. The molecule has 0 aliphatic rings. The van der Waals surface area contributed by atoms with Gasteiger partial charge in [0.1, 0.15) is 17.9 Å². The maximum atomic E-state index is 11.1. The molecule has 0 spiro atoms. The molecule has 0 saturated carbocycles. The topological polar surface area (TPSA) is 108 Å². The number of nitrogens with zero attached hydrogens (tertiary/aromatic N) is 1. The van der Waals surface area contributed by atoms with Gasteiger partial charge in [-0.1, -0.05) is 0 Å². The normalized spacial score (nSPS) is 10.3. The molecule has 0 unspecified atom stereocenters. The van der Waals surface area contributed by atoms with Gasteiger partial charge in [-0.2, -0.15) is 0 Å². The molecule has 1 N–H and O–H groups in total. The molecular formula is C13H17NO7. The summed E-state index contributed by atoms with van der Waals surface area (Å²) in [6.45, 7) is 1.57. The molecule has 0 aromatic heterocycles. The summed E-state index contributed by atoms with van der Waals surface area (Å²) in [5.41, 5.74) is -0.542. The third-order valence-electron chi connectivity index (χ3n) is 2.53. The van der Waals surface area contributed by atoms with Crippen LogP contribution < -0.4 is 4.74 Å². The van der Waals surface area contributed by atoms with Gasteiger partial charge < -0.3 is 19.3 Å². The largest absolute Gasteiger partial charge is 0.490 e. The SMILES string of the molecule is COCCCOCCOc1ccc([N+](=O)[O-])cc1C(=O)O. The highest BCUT2D eigenvalue weighted by Crippen LogP contribution is 2.24. The quantitative estimate of drug-likeness (QED) is 0.398. The molecule has 1 aromatic rings. The Morgan fingerprint density at radius 3 is 2.67 bits per heavy atom. The van der Waals surface area contributed by atoms with Crippen LogP contribution in [0, 0.1) is 10.1 Å². The van der Waals surface area contributed by atoms with Gasteiger partial charge >= 0.3 is 5.97 Å². The average Bonchev–Trinajstić information content (AvgIpc) is 2.46. The van der Waals surface area contributed by atoms with E-state index >= 15 is 0 Å². The third-order valence-corrected chi connectivity index (χ3v) is 2.53. The van der Waals surface area contributed by atoms with Crippen molar-refractivity contribution in [3.8, 4) is 5.75 Å². The zero-order valence-corrected chi connectivity index (χ0v) is 11.6. The van der Waals surface area contributed by atoms with E-state index in [4.69, 9.17) is 19.3 Å². The van der Waals surface area contributed by atoms with Gasteiger partial charge in [0.15, 0.2) is 0 Å². The van der Waals surface area contributed by atoms with E-state index in [1.54, 1.807) is 7.11 Å². The Bertz CT molecular complexity index is 489. The van der Waals surface area contributed by atoms with Crippen LogP contribution in [0.3, 0.4) is 0 Å². The van der Waals surface area contributed by atoms with E-state index in [9.17, 15) is 14.9 Å². The Labute approximate surface area is 121 Å². The number of hydrogen-bond acceptors (Lipinski definition) is 6. The minimum Gasteiger partial charge on any atom is -0.490 e. The third kappa shape index (κ3) is 5.76. The van der Waals surface area contributed by atoms with Crippen LogP contribution in [0.5, 0.6) is 5.75 Å². The Morgan fingerprint density at radius 1 is 1.29 bits per heavy atom. The predicted molar refractivity (Wildman–Crippen MR) is 72.9 cm³/mol. The van der Waals surface area contributed by atoms with Gasteiger partial charge in [-0.15, -0.1) is 0 Å². The number of benzene rings is 1. The van der Waals surface area contributed by atoms with Gasteiger partial charge in [0.2, 0.25) is 0 Å². The van der Waals surface area contributed by atoms with Gasteiger partial charge in [0.25, 0.3) is 5.69 Å². The minimum absolute atomic E-state index is 0.0774. The van der Waals surface area contributed by atoms with Gasteiger partial charge in [-0.3, -0.25) is 10.1 Å². The van der Waals surface area contributed by atoms with E-state index in [1.807, 2.05) is 0 Å². The summed E-state index contributed by atoms with van der Waals surface area (Å²) in [5, 5.41) is 19.6. The molecule has 21 heavy (non-hydrogen) atoms. The van der Waals surface area contributed by atoms with Crippen molar-refractivity contribution in [1.82, 2.24) is 0 Å². The number of hydrogen-bond donors (Lipinski definition) is 1. The van der Waals surface area contributed by atoms with E-state index in [1.165, 1.54) is 12.1 Å². The molecule has 0 saturated heterocycles. The highest BCUT2D eigenvalue weighted by atomic mass is 16.6. The lowest BCUT2D eigenvalue weighted by Crippen LogP contribution is -2.11. The molecule has 0 aliphatic carbocycles.